The molecule has 7 nitrogen and oxygen atoms in total. The van der Waals surface area contributed by atoms with Gasteiger partial charge in [-0.15, -0.1) is 0 Å². The molecule has 0 aliphatic carbocycles. The highest BCUT2D eigenvalue weighted by molar-refractivity contribution is 5.97. The van der Waals surface area contributed by atoms with Gasteiger partial charge in [0.15, 0.2) is 5.58 Å². The number of carbonyl (C=O) groups excluding carboxylic acids is 2. The first-order chi connectivity index (χ1) is 17.5. The minimum absolute atomic E-state index is 0.0103. The van der Waals surface area contributed by atoms with E-state index in [4.69, 9.17) is 4.42 Å². The van der Waals surface area contributed by atoms with Crippen LogP contribution >= 0.6 is 0 Å². The lowest BCUT2D eigenvalue weighted by molar-refractivity contribution is -0.126. The van der Waals surface area contributed by atoms with Gasteiger partial charge in [-0.2, -0.15) is 0 Å². The van der Waals surface area contributed by atoms with Crippen molar-refractivity contribution >= 4 is 22.9 Å². The lowest BCUT2D eigenvalue weighted by Gasteiger charge is -2.34. The topological polar surface area (TPSA) is 88.3 Å². The van der Waals surface area contributed by atoms with Crippen LogP contribution in [-0.2, 0) is 11.3 Å². The van der Waals surface area contributed by atoms with Crippen molar-refractivity contribution in [1.29, 1.82) is 0 Å². The van der Waals surface area contributed by atoms with Crippen molar-refractivity contribution in [2.24, 2.45) is 11.8 Å². The predicted molar refractivity (Wildman–Crippen MR) is 138 cm³/mol. The number of carbonyl (C=O) groups is 2. The van der Waals surface area contributed by atoms with Gasteiger partial charge in [0.05, 0.1) is 0 Å². The highest BCUT2D eigenvalue weighted by atomic mass is 16.3. The van der Waals surface area contributed by atoms with Crippen molar-refractivity contribution in [2.75, 3.05) is 13.1 Å². The smallest absolute Gasteiger partial charge is 0.253 e. The van der Waals surface area contributed by atoms with Gasteiger partial charge < -0.3 is 14.6 Å². The molecule has 1 fully saturated rings. The van der Waals surface area contributed by atoms with Crippen LogP contribution in [0.4, 0.5) is 0 Å². The summed E-state index contributed by atoms with van der Waals surface area (Å²) in [5, 5.41) is 3.01. The molecule has 2 amide bonds. The summed E-state index contributed by atoms with van der Waals surface area (Å²) in [6.45, 7) is 5.76. The minimum Gasteiger partial charge on any atom is -0.436 e. The molecule has 5 rings (SSSR count). The Labute approximate surface area is 210 Å². The lowest BCUT2D eigenvalue weighted by atomic mass is 9.84. The molecular formula is C29H30N4O3. The molecule has 1 aliphatic rings. The van der Waals surface area contributed by atoms with E-state index >= 15 is 0 Å². The van der Waals surface area contributed by atoms with Gasteiger partial charge >= 0.3 is 0 Å². The number of rotatable bonds is 6. The number of benzene rings is 2. The number of fused-ring (bicyclic) bond motifs is 1. The summed E-state index contributed by atoms with van der Waals surface area (Å²) in [4.78, 5) is 36.4. The Kier molecular flexibility index (Phi) is 6.80. The number of pyridine rings is 1. The molecule has 7 heteroatoms. The zero-order valence-electron chi connectivity index (χ0n) is 20.6. The van der Waals surface area contributed by atoms with Gasteiger partial charge in [-0.25, -0.2) is 4.98 Å². The van der Waals surface area contributed by atoms with Gasteiger partial charge in [0, 0.05) is 49.1 Å². The molecule has 3 heterocycles. The van der Waals surface area contributed by atoms with E-state index in [0.29, 0.717) is 42.2 Å². The molecule has 1 atom stereocenters. The third-order valence-corrected chi connectivity index (χ3v) is 7.07. The maximum atomic E-state index is 13.2. The Morgan fingerprint density at radius 1 is 1.11 bits per heavy atom. The number of hydrogen-bond acceptors (Lipinski definition) is 5. The van der Waals surface area contributed by atoms with Gasteiger partial charge in [-0.05, 0) is 67.6 Å². The average Bonchev–Trinajstić information content (AvgIpc) is 3.35. The number of oxazole rings is 1. The highest BCUT2D eigenvalue weighted by Gasteiger charge is 2.30. The van der Waals surface area contributed by atoms with E-state index in [2.05, 4.69) is 15.3 Å². The first kappa shape index (κ1) is 23.7. The van der Waals surface area contributed by atoms with E-state index in [1.165, 1.54) is 5.56 Å². The van der Waals surface area contributed by atoms with E-state index in [9.17, 15) is 9.59 Å². The fourth-order valence-electron chi connectivity index (χ4n) is 4.73. The van der Waals surface area contributed by atoms with Crippen LogP contribution in [0.1, 0.15) is 41.3 Å². The Balaban J connectivity index is 1.18. The first-order valence-electron chi connectivity index (χ1n) is 12.4. The SMILES string of the molecule is Cc1ccc(-c2nc3cc(C(=O)N4CCC([C@H](C)C(=O)NCc5cccnc5)CC4)ccc3o2)cc1. The Morgan fingerprint density at radius 3 is 2.61 bits per heavy atom. The van der Waals surface area contributed by atoms with Gasteiger partial charge in [-0.1, -0.05) is 30.7 Å². The van der Waals surface area contributed by atoms with Crippen LogP contribution in [0.3, 0.4) is 0 Å². The van der Waals surface area contributed by atoms with Crippen molar-refractivity contribution < 1.29 is 14.0 Å². The predicted octanol–water partition coefficient (Wildman–Crippen LogP) is 5.00. The Morgan fingerprint density at radius 2 is 1.89 bits per heavy atom. The van der Waals surface area contributed by atoms with Crippen LogP contribution < -0.4 is 5.32 Å². The largest absolute Gasteiger partial charge is 0.436 e. The van der Waals surface area contributed by atoms with Crippen LogP contribution in [-0.4, -0.2) is 39.8 Å². The van der Waals surface area contributed by atoms with E-state index < -0.39 is 0 Å². The third kappa shape index (κ3) is 5.15. The van der Waals surface area contributed by atoms with Gasteiger partial charge in [0.2, 0.25) is 11.8 Å². The summed E-state index contributed by atoms with van der Waals surface area (Å²) in [6.07, 6.45) is 5.08. The monoisotopic (exact) mass is 482 g/mol. The number of nitrogens with one attached hydrogen (secondary N) is 1. The van der Waals surface area contributed by atoms with Crippen molar-refractivity contribution in [3.8, 4) is 11.5 Å². The van der Waals surface area contributed by atoms with Crippen LogP contribution in [0.25, 0.3) is 22.6 Å². The molecular weight excluding hydrogens is 452 g/mol. The van der Waals surface area contributed by atoms with E-state index in [1.54, 1.807) is 24.5 Å². The van der Waals surface area contributed by atoms with E-state index in [1.807, 2.05) is 61.2 Å². The molecule has 36 heavy (non-hydrogen) atoms. The minimum atomic E-state index is -0.106. The van der Waals surface area contributed by atoms with Crippen molar-refractivity contribution in [3.63, 3.8) is 0 Å². The molecule has 4 aromatic rings. The Hall–Kier alpha value is -4.00. The zero-order valence-corrected chi connectivity index (χ0v) is 20.6. The molecule has 1 saturated heterocycles. The summed E-state index contributed by atoms with van der Waals surface area (Å²) in [7, 11) is 0. The fraction of sp³-hybridized carbons (Fsp3) is 0.310. The average molecular weight is 483 g/mol. The highest BCUT2D eigenvalue weighted by Crippen LogP contribution is 2.28. The van der Waals surface area contributed by atoms with Crippen molar-refractivity contribution in [1.82, 2.24) is 20.2 Å². The van der Waals surface area contributed by atoms with Gasteiger partial charge in [0.25, 0.3) is 5.91 Å². The normalized spacial score (nSPS) is 15.1. The Bertz CT molecular complexity index is 1360. The summed E-state index contributed by atoms with van der Waals surface area (Å²) < 4.78 is 5.91. The number of piperidine rings is 1. The molecule has 1 aliphatic heterocycles. The number of aromatic nitrogens is 2. The van der Waals surface area contributed by atoms with Gasteiger partial charge in [-0.3, -0.25) is 14.6 Å². The second kappa shape index (κ2) is 10.3. The molecule has 2 aromatic carbocycles. The molecule has 0 saturated carbocycles. The van der Waals surface area contributed by atoms with Crippen LogP contribution in [0, 0.1) is 18.8 Å². The zero-order chi connectivity index (χ0) is 25.1. The number of nitrogens with zero attached hydrogens (tertiary/aromatic N) is 3. The number of amides is 2. The summed E-state index contributed by atoms with van der Waals surface area (Å²) >= 11 is 0. The summed E-state index contributed by atoms with van der Waals surface area (Å²) in [6, 6.07) is 17.2. The summed E-state index contributed by atoms with van der Waals surface area (Å²) in [5.41, 5.74) is 4.99. The molecule has 0 spiro atoms. The number of aryl methyl sites for hydroxylation is 1. The maximum absolute atomic E-state index is 13.2. The fourth-order valence-corrected chi connectivity index (χ4v) is 4.73. The molecule has 2 aromatic heterocycles. The molecule has 1 N–H and O–H groups in total. The second-order valence-corrected chi connectivity index (χ2v) is 9.56. The molecule has 184 valence electrons. The first-order valence-corrected chi connectivity index (χ1v) is 12.4. The van der Waals surface area contributed by atoms with E-state index in [0.717, 1.165) is 24.0 Å². The molecule has 0 bridgehead atoms. The number of hydrogen-bond donors (Lipinski definition) is 1. The van der Waals surface area contributed by atoms with Crippen LogP contribution in [0.5, 0.6) is 0 Å². The summed E-state index contributed by atoms with van der Waals surface area (Å²) in [5.74, 6) is 0.725. The molecule has 0 radical (unpaired) electrons. The number of likely N-dealkylation sites (tertiary alicyclic amines) is 1. The standard InChI is InChI=1S/C29H30N4O3/c1-19-5-7-23(8-6-19)28-32-25-16-24(9-10-26(25)36-28)29(35)33-14-11-22(12-15-33)20(2)27(34)31-18-21-4-3-13-30-17-21/h3-10,13,16-17,20,22H,11-12,14-15,18H2,1-2H3,(H,31,34)/t20-/m0/s1. The van der Waals surface area contributed by atoms with E-state index in [-0.39, 0.29) is 23.7 Å². The second-order valence-electron chi connectivity index (χ2n) is 9.56. The maximum Gasteiger partial charge on any atom is 0.253 e. The quantitative estimate of drug-likeness (QED) is 0.418. The van der Waals surface area contributed by atoms with Gasteiger partial charge in [0.1, 0.15) is 5.52 Å². The van der Waals surface area contributed by atoms with Crippen LogP contribution in [0.2, 0.25) is 0 Å². The van der Waals surface area contributed by atoms with Crippen LogP contribution in [0.15, 0.2) is 71.4 Å². The molecule has 0 unspecified atom stereocenters. The van der Waals surface area contributed by atoms with Crippen molar-refractivity contribution in [2.45, 2.75) is 33.2 Å². The van der Waals surface area contributed by atoms with Crippen molar-refractivity contribution in [3.05, 3.63) is 83.7 Å². The third-order valence-electron chi connectivity index (χ3n) is 7.07. The lowest BCUT2D eigenvalue weighted by Crippen LogP contribution is -2.42.